The SMILES string of the molecule is Cc1ccc(Cl)cc1SO. The van der Waals surface area contributed by atoms with Crippen LogP contribution in [0.2, 0.25) is 5.02 Å². The lowest BCUT2D eigenvalue weighted by atomic mass is 10.2. The van der Waals surface area contributed by atoms with E-state index in [0.29, 0.717) is 5.02 Å². The van der Waals surface area contributed by atoms with Crippen LogP contribution < -0.4 is 0 Å². The Kier molecular flexibility index (Phi) is 2.60. The van der Waals surface area contributed by atoms with Crippen LogP contribution in [0.3, 0.4) is 0 Å². The highest BCUT2D eigenvalue weighted by atomic mass is 35.5. The lowest BCUT2D eigenvalue weighted by Gasteiger charge is -1.99. The average molecular weight is 175 g/mol. The third-order valence-corrected chi connectivity index (χ3v) is 2.12. The van der Waals surface area contributed by atoms with E-state index in [0.717, 1.165) is 22.5 Å². The maximum Gasteiger partial charge on any atom is 0.0418 e. The van der Waals surface area contributed by atoms with Gasteiger partial charge in [-0.2, -0.15) is 0 Å². The Hall–Kier alpha value is -0.180. The molecule has 0 spiro atoms. The minimum Gasteiger partial charge on any atom is -0.325 e. The summed E-state index contributed by atoms with van der Waals surface area (Å²) in [7, 11) is 0. The van der Waals surface area contributed by atoms with Gasteiger partial charge < -0.3 is 4.55 Å². The fourth-order valence-corrected chi connectivity index (χ4v) is 1.30. The van der Waals surface area contributed by atoms with Crippen molar-refractivity contribution in [3.8, 4) is 0 Å². The molecule has 0 amide bonds. The number of benzene rings is 1. The summed E-state index contributed by atoms with van der Waals surface area (Å²) in [5.41, 5.74) is 1.04. The van der Waals surface area contributed by atoms with Crippen molar-refractivity contribution in [1.82, 2.24) is 0 Å². The first kappa shape index (κ1) is 7.92. The smallest absolute Gasteiger partial charge is 0.0418 e. The van der Waals surface area contributed by atoms with E-state index in [-0.39, 0.29) is 0 Å². The molecule has 54 valence electrons. The van der Waals surface area contributed by atoms with E-state index in [2.05, 4.69) is 0 Å². The van der Waals surface area contributed by atoms with E-state index in [9.17, 15) is 0 Å². The van der Waals surface area contributed by atoms with Crippen LogP contribution in [-0.2, 0) is 0 Å². The van der Waals surface area contributed by atoms with Crippen molar-refractivity contribution in [3.63, 3.8) is 0 Å². The first-order chi connectivity index (χ1) is 4.74. The van der Waals surface area contributed by atoms with Crippen LogP contribution in [0.1, 0.15) is 5.56 Å². The highest BCUT2D eigenvalue weighted by molar-refractivity contribution is 7.93. The summed E-state index contributed by atoms with van der Waals surface area (Å²) in [5, 5.41) is 0.655. The third kappa shape index (κ3) is 1.66. The lowest BCUT2D eigenvalue weighted by molar-refractivity contribution is 0.663. The zero-order valence-electron chi connectivity index (χ0n) is 5.47. The molecule has 10 heavy (non-hydrogen) atoms. The molecule has 3 heteroatoms. The summed E-state index contributed by atoms with van der Waals surface area (Å²) in [6, 6.07) is 5.42. The molecule has 1 rings (SSSR count). The molecule has 0 bridgehead atoms. The summed E-state index contributed by atoms with van der Waals surface area (Å²) in [6.45, 7) is 1.93. The van der Waals surface area contributed by atoms with E-state index >= 15 is 0 Å². The summed E-state index contributed by atoms with van der Waals surface area (Å²) in [6.07, 6.45) is 0. The quantitative estimate of drug-likeness (QED) is 0.660. The van der Waals surface area contributed by atoms with E-state index < -0.39 is 0 Å². The standard InChI is InChI=1S/C7H7ClOS/c1-5-2-3-6(8)4-7(5)10-9/h2-4,9H,1H3. The molecule has 0 saturated heterocycles. The van der Waals surface area contributed by atoms with Crippen LogP contribution >= 0.6 is 23.6 Å². The minimum absolute atomic E-state index is 0.655. The van der Waals surface area contributed by atoms with Crippen molar-refractivity contribution in [3.05, 3.63) is 28.8 Å². The number of hydrogen-bond acceptors (Lipinski definition) is 2. The molecule has 1 N–H and O–H groups in total. The molecule has 0 aromatic heterocycles. The zero-order chi connectivity index (χ0) is 7.56. The van der Waals surface area contributed by atoms with E-state index in [1.165, 1.54) is 0 Å². The van der Waals surface area contributed by atoms with Crippen molar-refractivity contribution >= 4 is 23.6 Å². The predicted molar refractivity (Wildman–Crippen MR) is 44.7 cm³/mol. The first-order valence-corrected chi connectivity index (χ1v) is 3.97. The Balaban J connectivity index is 3.09. The van der Waals surface area contributed by atoms with Gasteiger partial charge in [-0.3, -0.25) is 0 Å². The molecule has 1 aromatic rings. The second-order valence-electron chi connectivity index (χ2n) is 2.00. The molecular formula is C7H7ClOS. The van der Waals surface area contributed by atoms with Gasteiger partial charge in [0.15, 0.2) is 0 Å². The lowest BCUT2D eigenvalue weighted by Crippen LogP contribution is -1.76. The molecule has 0 radical (unpaired) electrons. The normalized spacial score (nSPS) is 9.90. The second-order valence-corrected chi connectivity index (χ2v) is 3.06. The first-order valence-electron chi connectivity index (χ1n) is 2.81. The van der Waals surface area contributed by atoms with E-state index in [1.54, 1.807) is 12.1 Å². The monoisotopic (exact) mass is 174 g/mol. The topological polar surface area (TPSA) is 20.2 Å². The molecule has 0 aliphatic heterocycles. The van der Waals surface area contributed by atoms with Gasteiger partial charge in [0.2, 0.25) is 0 Å². The van der Waals surface area contributed by atoms with E-state index in [4.69, 9.17) is 16.2 Å². The van der Waals surface area contributed by atoms with Crippen molar-refractivity contribution < 1.29 is 4.55 Å². The molecule has 1 aromatic carbocycles. The minimum atomic E-state index is 0.655. The Bertz CT molecular complexity index is 237. The number of rotatable bonds is 1. The van der Waals surface area contributed by atoms with Gasteiger partial charge >= 0.3 is 0 Å². The van der Waals surface area contributed by atoms with Gasteiger partial charge in [-0.05, 0) is 24.6 Å². The van der Waals surface area contributed by atoms with Crippen LogP contribution in [0, 0.1) is 6.92 Å². The molecule has 0 fully saturated rings. The maximum absolute atomic E-state index is 8.70. The molecule has 0 aliphatic carbocycles. The zero-order valence-corrected chi connectivity index (χ0v) is 7.04. The largest absolute Gasteiger partial charge is 0.325 e. The summed E-state index contributed by atoms with van der Waals surface area (Å²) in [4.78, 5) is 0.813. The fraction of sp³-hybridized carbons (Fsp3) is 0.143. The van der Waals surface area contributed by atoms with Crippen LogP contribution in [-0.4, -0.2) is 4.55 Å². The molecule has 1 nitrogen and oxygen atoms in total. The van der Waals surface area contributed by atoms with Gasteiger partial charge in [-0.25, -0.2) is 0 Å². The number of aryl methyl sites for hydroxylation is 1. The van der Waals surface area contributed by atoms with Crippen LogP contribution in [0.5, 0.6) is 0 Å². The summed E-state index contributed by atoms with van der Waals surface area (Å²) < 4.78 is 8.70. The molecule has 0 aliphatic rings. The fourth-order valence-electron chi connectivity index (χ4n) is 0.672. The van der Waals surface area contributed by atoms with Crippen molar-refractivity contribution in [1.29, 1.82) is 0 Å². The predicted octanol–water partition coefficient (Wildman–Crippen LogP) is 3.21. The van der Waals surface area contributed by atoms with Gasteiger partial charge in [0.05, 0.1) is 0 Å². The number of halogens is 1. The van der Waals surface area contributed by atoms with Gasteiger partial charge in [0.25, 0.3) is 0 Å². The Morgan fingerprint density at radius 3 is 2.70 bits per heavy atom. The highest BCUT2D eigenvalue weighted by Crippen LogP contribution is 2.22. The van der Waals surface area contributed by atoms with Gasteiger partial charge in [-0.15, -0.1) is 0 Å². The van der Waals surface area contributed by atoms with Crippen LogP contribution in [0.15, 0.2) is 23.1 Å². The molecule has 0 saturated carbocycles. The Labute approximate surface area is 69.2 Å². The second kappa shape index (κ2) is 3.28. The number of hydrogen-bond donors (Lipinski definition) is 1. The maximum atomic E-state index is 8.70. The molecule has 0 unspecified atom stereocenters. The van der Waals surface area contributed by atoms with Crippen molar-refractivity contribution in [2.75, 3.05) is 0 Å². The van der Waals surface area contributed by atoms with Gasteiger partial charge in [-0.1, -0.05) is 17.7 Å². The van der Waals surface area contributed by atoms with Crippen LogP contribution in [0.25, 0.3) is 0 Å². The Morgan fingerprint density at radius 2 is 2.20 bits per heavy atom. The van der Waals surface area contributed by atoms with Gasteiger partial charge in [0.1, 0.15) is 0 Å². The summed E-state index contributed by atoms with van der Waals surface area (Å²) in [5.74, 6) is 0. The summed E-state index contributed by atoms with van der Waals surface area (Å²) >= 11 is 6.40. The van der Waals surface area contributed by atoms with Crippen molar-refractivity contribution in [2.45, 2.75) is 11.8 Å². The Morgan fingerprint density at radius 1 is 1.50 bits per heavy atom. The van der Waals surface area contributed by atoms with E-state index in [1.807, 2.05) is 13.0 Å². The molecule has 0 atom stereocenters. The molecule has 0 heterocycles. The third-order valence-electron chi connectivity index (χ3n) is 1.25. The average Bonchev–Trinajstić information content (AvgIpc) is 1.94. The van der Waals surface area contributed by atoms with Gasteiger partial charge in [0, 0.05) is 22.0 Å². The van der Waals surface area contributed by atoms with Crippen molar-refractivity contribution in [2.24, 2.45) is 0 Å². The van der Waals surface area contributed by atoms with Crippen LogP contribution in [0.4, 0.5) is 0 Å². The highest BCUT2D eigenvalue weighted by Gasteiger charge is 1.97. The molecular weight excluding hydrogens is 168 g/mol.